The summed E-state index contributed by atoms with van der Waals surface area (Å²) in [5, 5.41) is 1.81. The van der Waals surface area contributed by atoms with Crippen LogP contribution < -0.4 is 4.72 Å². The molecule has 0 aliphatic rings. The third-order valence-electron chi connectivity index (χ3n) is 3.24. The van der Waals surface area contributed by atoms with Gasteiger partial charge in [-0.3, -0.25) is 4.40 Å². The lowest BCUT2D eigenvalue weighted by Crippen LogP contribution is -2.34. The predicted molar refractivity (Wildman–Crippen MR) is 81.9 cm³/mol. The van der Waals surface area contributed by atoms with Crippen molar-refractivity contribution in [1.82, 2.24) is 14.1 Å². The minimum Gasteiger partial charge on any atom is -0.279 e. The Labute approximate surface area is 128 Å². The molecule has 0 fully saturated rings. The van der Waals surface area contributed by atoms with Crippen LogP contribution in [0, 0.1) is 5.92 Å². The minimum absolute atomic E-state index is 0.0140. The molecule has 2 aromatic rings. The number of fused-ring (bicyclic) bond motifs is 1. The summed E-state index contributed by atoms with van der Waals surface area (Å²) in [5.74, 6) is 0.467. The van der Waals surface area contributed by atoms with E-state index in [-0.39, 0.29) is 16.2 Å². The highest BCUT2D eigenvalue weighted by Gasteiger charge is 2.26. The van der Waals surface area contributed by atoms with Crippen molar-refractivity contribution in [2.45, 2.75) is 44.7 Å². The van der Waals surface area contributed by atoms with E-state index in [4.69, 9.17) is 11.6 Å². The van der Waals surface area contributed by atoms with Crippen molar-refractivity contribution in [3.63, 3.8) is 0 Å². The third kappa shape index (κ3) is 3.16. The van der Waals surface area contributed by atoms with Gasteiger partial charge in [-0.15, -0.1) is 11.3 Å². The maximum absolute atomic E-state index is 12.5. The van der Waals surface area contributed by atoms with E-state index in [0.717, 1.165) is 12.8 Å². The highest BCUT2D eigenvalue weighted by atomic mass is 35.5. The number of rotatable bonds is 6. The van der Waals surface area contributed by atoms with Gasteiger partial charge in [0.2, 0.25) is 0 Å². The predicted octanol–water partition coefficient (Wildman–Crippen LogP) is 3.15. The number of hydrogen-bond acceptors (Lipinski definition) is 4. The standard InChI is InChI=1S/C12H18ClN3O2S2/c1-4-8(2)7-9(3)15-20(17,18)11-10(13)14-12-16(11)5-6-19-12/h5-6,8-9,15H,4,7H2,1-3H3. The van der Waals surface area contributed by atoms with Crippen LogP contribution in [-0.4, -0.2) is 23.8 Å². The van der Waals surface area contributed by atoms with Crippen molar-refractivity contribution in [2.75, 3.05) is 0 Å². The molecule has 112 valence electrons. The third-order valence-corrected chi connectivity index (χ3v) is 5.99. The Bertz CT molecular complexity index is 693. The van der Waals surface area contributed by atoms with Crippen molar-refractivity contribution in [1.29, 1.82) is 0 Å². The number of halogens is 1. The molecule has 0 aliphatic heterocycles. The average Bonchev–Trinajstić information content (AvgIpc) is 2.86. The van der Waals surface area contributed by atoms with E-state index < -0.39 is 10.0 Å². The van der Waals surface area contributed by atoms with Crippen molar-refractivity contribution >= 4 is 37.9 Å². The molecular weight excluding hydrogens is 318 g/mol. The Morgan fingerprint density at radius 2 is 2.20 bits per heavy atom. The Kier molecular flexibility index (Phi) is 4.73. The van der Waals surface area contributed by atoms with Gasteiger partial charge in [0.1, 0.15) is 0 Å². The summed E-state index contributed by atoms with van der Waals surface area (Å²) in [5.41, 5.74) is 0. The molecule has 2 rings (SSSR count). The SMILES string of the molecule is CCC(C)CC(C)NS(=O)(=O)c1c(Cl)nc2sccn12. The van der Waals surface area contributed by atoms with Crippen LogP contribution in [0.25, 0.3) is 4.96 Å². The number of imidazole rings is 1. The molecule has 20 heavy (non-hydrogen) atoms. The highest BCUT2D eigenvalue weighted by Crippen LogP contribution is 2.25. The van der Waals surface area contributed by atoms with Gasteiger partial charge < -0.3 is 0 Å². The molecule has 1 N–H and O–H groups in total. The molecule has 0 bridgehead atoms. The average molecular weight is 336 g/mol. The molecule has 0 saturated heterocycles. The fraction of sp³-hybridized carbons (Fsp3) is 0.583. The summed E-state index contributed by atoms with van der Waals surface area (Å²) in [6, 6.07) is -0.143. The van der Waals surface area contributed by atoms with Gasteiger partial charge in [0.05, 0.1) is 0 Å². The van der Waals surface area contributed by atoms with E-state index in [0.29, 0.717) is 10.9 Å². The number of hydrogen-bond donors (Lipinski definition) is 1. The lowest BCUT2D eigenvalue weighted by atomic mass is 10.0. The van der Waals surface area contributed by atoms with E-state index in [9.17, 15) is 8.42 Å². The van der Waals surface area contributed by atoms with E-state index in [1.54, 1.807) is 11.6 Å². The van der Waals surface area contributed by atoms with Crippen LogP contribution in [0.2, 0.25) is 5.15 Å². The molecular formula is C12H18ClN3O2S2. The van der Waals surface area contributed by atoms with Gasteiger partial charge in [-0.2, -0.15) is 0 Å². The number of thiazole rings is 1. The minimum atomic E-state index is -3.67. The smallest absolute Gasteiger partial charge is 0.260 e. The molecule has 5 nitrogen and oxygen atoms in total. The van der Waals surface area contributed by atoms with Gasteiger partial charge in [0, 0.05) is 17.6 Å². The van der Waals surface area contributed by atoms with Gasteiger partial charge in [0.25, 0.3) is 10.0 Å². The number of aromatic nitrogens is 2. The van der Waals surface area contributed by atoms with Gasteiger partial charge in [-0.05, 0) is 19.3 Å². The number of sulfonamides is 1. The number of nitrogens with zero attached hydrogens (tertiary/aromatic N) is 2. The van der Waals surface area contributed by atoms with Crippen molar-refractivity contribution in [3.05, 3.63) is 16.7 Å². The molecule has 2 unspecified atom stereocenters. The molecule has 2 aromatic heterocycles. The first-order valence-electron chi connectivity index (χ1n) is 6.48. The van der Waals surface area contributed by atoms with Crippen LogP contribution in [0.3, 0.4) is 0 Å². The molecule has 0 radical (unpaired) electrons. The maximum atomic E-state index is 12.5. The van der Waals surface area contributed by atoms with E-state index in [1.807, 2.05) is 6.92 Å². The molecule has 8 heteroatoms. The lowest BCUT2D eigenvalue weighted by molar-refractivity contribution is 0.445. The summed E-state index contributed by atoms with van der Waals surface area (Å²) >= 11 is 7.31. The monoisotopic (exact) mass is 335 g/mol. The normalized spacial score (nSPS) is 15.6. The van der Waals surface area contributed by atoms with E-state index in [2.05, 4.69) is 23.6 Å². The van der Waals surface area contributed by atoms with Gasteiger partial charge in [-0.25, -0.2) is 18.1 Å². The van der Waals surface area contributed by atoms with Gasteiger partial charge in [-0.1, -0.05) is 31.9 Å². The zero-order chi connectivity index (χ0) is 14.9. The van der Waals surface area contributed by atoms with Crippen LogP contribution in [0.5, 0.6) is 0 Å². The van der Waals surface area contributed by atoms with Crippen LogP contribution in [0.4, 0.5) is 0 Å². The zero-order valence-corrected chi connectivity index (χ0v) is 14.0. The largest absolute Gasteiger partial charge is 0.279 e. The summed E-state index contributed by atoms with van der Waals surface area (Å²) in [6.45, 7) is 6.06. The Morgan fingerprint density at radius 1 is 1.50 bits per heavy atom. The lowest BCUT2D eigenvalue weighted by Gasteiger charge is -2.17. The molecule has 2 heterocycles. The van der Waals surface area contributed by atoms with E-state index >= 15 is 0 Å². The Balaban J connectivity index is 2.26. The molecule has 0 aliphatic carbocycles. The fourth-order valence-electron chi connectivity index (χ4n) is 2.12. The molecule has 2 atom stereocenters. The van der Waals surface area contributed by atoms with Crippen molar-refractivity contribution in [3.8, 4) is 0 Å². The highest BCUT2D eigenvalue weighted by molar-refractivity contribution is 7.89. The number of nitrogens with one attached hydrogen (secondary N) is 1. The molecule has 0 amide bonds. The summed E-state index contributed by atoms with van der Waals surface area (Å²) < 4.78 is 29.1. The second-order valence-corrected chi connectivity index (χ2v) is 7.90. The Morgan fingerprint density at radius 3 is 2.85 bits per heavy atom. The second kappa shape index (κ2) is 6.01. The summed E-state index contributed by atoms with van der Waals surface area (Å²) in [6.07, 6.45) is 3.47. The second-order valence-electron chi connectivity index (χ2n) is 5.03. The first-order chi connectivity index (χ1) is 9.35. The van der Waals surface area contributed by atoms with Gasteiger partial charge >= 0.3 is 0 Å². The summed E-state index contributed by atoms with van der Waals surface area (Å²) in [7, 11) is -3.67. The maximum Gasteiger partial charge on any atom is 0.260 e. The summed E-state index contributed by atoms with van der Waals surface area (Å²) in [4.78, 5) is 4.63. The topological polar surface area (TPSA) is 63.5 Å². The van der Waals surface area contributed by atoms with Crippen LogP contribution in [0.15, 0.2) is 16.6 Å². The quantitative estimate of drug-likeness (QED) is 0.882. The zero-order valence-electron chi connectivity index (χ0n) is 11.6. The molecule has 0 saturated carbocycles. The van der Waals surface area contributed by atoms with Gasteiger partial charge in [0.15, 0.2) is 15.1 Å². The van der Waals surface area contributed by atoms with E-state index in [1.165, 1.54) is 15.7 Å². The molecule has 0 aromatic carbocycles. The van der Waals surface area contributed by atoms with Crippen LogP contribution >= 0.6 is 22.9 Å². The Hall–Kier alpha value is -0.630. The van der Waals surface area contributed by atoms with Crippen molar-refractivity contribution < 1.29 is 8.42 Å². The first-order valence-corrected chi connectivity index (χ1v) is 9.22. The first kappa shape index (κ1) is 15.8. The van der Waals surface area contributed by atoms with Crippen LogP contribution in [0.1, 0.15) is 33.6 Å². The van der Waals surface area contributed by atoms with Crippen molar-refractivity contribution in [2.24, 2.45) is 5.92 Å². The van der Waals surface area contributed by atoms with Crippen LogP contribution in [-0.2, 0) is 10.0 Å². The molecule has 0 spiro atoms. The fourth-order valence-corrected chi connectivity index (χ4v) is 4.83.